The normalized spacial score (nSPS) is 10.5. The van der Waals surface area contributed by atoms with E-state index in [0.29, 0.717) is 6.07 Å². The van der Waals surface area contributed by atoms with Crippen molar-refractivity contribution in [3.05, 3.63) is 23.8 Å². The minimum Gasteiger partial charge on any atom is -0.478 e. The van der Waals surface area contributed by atoms with Gasteiger partial charge in [-0.2, -0.15) is 0 Å². The number of carboxylic acid groups (broad SMARTS) is 1. The van der Waals surface area contributed by atoms with E-state index in [9.17, 15) is 18.0 Å². The summed E-state index contributed by atoms with van der Waals surface area (Å²) < 4.78 is 43.7. The largest absolute Gasteiger partial charge is 0.573 e. The zero-order chi connectivity index (χ0) is 13.1. The number of hydrogen-bond donors (Lipinski definition) is 1. The van der Waals surface area contributed by atoms with E-state index in [4.69, 9.17) is 11.5 Å². The van der Waals surface area contributed by atoms with Crippen molar-refractivity contribution in [2.75, 3.05) is 0 Å². The minimum atomic E-state index is -4.90. The van der Waals surface area contributed by atoms with Gasteiger partial charge >= 0.3 is 12.3 Å². The molecule has 7 heteroatoms. The maximum Gasteiger partial charge on any atom is 0.573 e. The van der Waals surface area contributed by atoms with Crippen molar-refractivity contribution in [2.45, 2.75) is 6.36 Å². The molecule has 0 saturated carbocycles. The third-order valence-electron chi connectivity index (χ3n) is 1.58. The summed E-state index contributed by atoms with van der Waals surface area (Å²) in [5.74, 6) is -2.39. The molecule has 17 heavy (non-hydrogen) atoms. The predicted octanol–water partition coefficient (Wildman–Crippen LogP) is 2.25. The second-order valence-corrected chi connectivity index (χ2v) is 2.73. The fraction of sp³-hybridized carbons (Fsp3) is 0.100. The van der Waals surface area contributed by atoms with Crippen molar-refractivity contribution in [1.29, 1.82) is 0 Å². The number of alkyl halides is 3. The average Bonchev–Trinajstić information content (AvgIpc) is 2.18. The lowest BCUT2D eigenvalue weighted by Gasteiger charge is -2.10. The quantitative estimate of drug-likeness (QED) is 0.831. The van der Waals surface area contributed by atoms with E-state index in [-0.39, 0.29) is 5.75 Å². The smallest absolute Gasteiger partial charge is 0.478 e. The summed E-state index contributed by atoms with van der Waals surface area (Å²) in [4.78, 5) is 10.7. The lowest BCUT2D eigenvalue weighted by atomic mass is 10.2. The Balaban J connectivity index is 3.11. The average molecular weight is 246 g/mol. The Morgan fingerprint density at radius 2 is 2.06 bits per heavy atom. The van der Waals surface area contributed by atoms with E-state index in [0.717, 1.165) is 12.1 Å². The third kappa shape index (κ3) is 3.61. The second-order valence-electron chi connectivity index (χ2n) is 2.73. The second kappa shape index (κ2) is 4.65. The molecule has 0 fully saturated rings. The number of aromatic carboxylic acids is 1. The first kappa shape index (κ1) is 12.7. The van der Waals surface area contributed by atoms with Crippen LogP contribution in [0.25, 0.3) is 0 Å². The van der Waals surface area contributed by atoms with E-state index in [1.807, 2.05) is 0 Å². The van der Waals surface area contributed by atoms with Crippen molar-refractivity contribution in [2.24, 2.45) is 0 Å². The van der Waals surface area contributed by atoms with Crippen LogP contribution < -0.4 is 9.47 Å². The van der Waals surface area contributed by atoms with E-state index in [1.54, 1.807) is 6.11 Å². The molecule has 0 radical (unpaired) electrons. The van der Waals surface area contributed by atoms with Crippen molar-refractivity contribution >= 4 is 5.97 Å². The molecule has 0 saturated heterocycles. The van der Waals surface area contributed by atoms with Gasteiger partial charge in [0.1, 0.15) is 17.4 Å². The Morgan fingerprint density at radius 1 is 1.41 bits per heavy atom. The summed E-state index contributed by atoms with van der Waals surface area (Å²) in [6, 6.07) is 2.54. The third-order valence-corrected chi connectivity index (χ3v) is 1.58. The summed E-state index contributed by atoms with van der Waals surface area (Å²) in [5.41, 5.74) is -0.523. The highest BCUT2D eigenvalue weighted by Gasteiger charge is 2.31. The summed E-state index contributed by atoms with van der Waals surface area (Å²) in [5, 5.41) is 8.73. The topological polar surface area (TPSA) is 55.8 Å². The van der Waals surface area contributed by atoms with E-state index >= 15 is 0 Å². The van der Waals surface area contributed by atoms with Crippen LogP contribution in [0, 0.1) is 12.5 Å². The molecule has 0 aliphatic carbocycles. The SMILES string of the molecule is C#COc1ccc(OC(F)(F)F)cc1C(=O)O. The number of halogens is 3. The van der Waals surface area contributed by atoms with Crippen LogP contribution >= 0.6 is 0 Å². The van der Waals surface area contributed by atoms with Crippen LogP contribution in [-0.2, 0) is 0 Å². The maximum absolute atomic E-state index is 11.9. The molecule has 4 nitrogen and oxygen atoms in total. The Bertz CT molecular complexity index is 473. The first-order valence-corrected chi connectivity index (χ1v) is 4.09. The van der Waals surface area contributed by atoms with Gasteiger partial charge < -0.3 is 14.6 Å². The molecule has 0 heterocycles. The molecule has 0 aliphatic rings. The van der Waals surface area contributed by atoms with Gasteiger partial charge in [-0.05, 0) is 18.2 Å². The van der Waals surface area contributed by atoms with Gasteiger partial charge in [-0.15, -0.1) is 13.2 Å². The van der Waals surface area contributed by atoms with Gasteiger partial charge in [0.15, 0.2) is 5.75 Å². The summed E-state index contributed by atoms with van der Waals surface area (Å²) in [7, 11) is 0. The predicted molar refractivity (Wildman–Crippen MR) is 49.5 cm³/mol. The van der Waals surface area contributed by atoms with Crippen LogP contribution in [0.15, 0.2) is 18.2 Å². The molecular formula is C10H5F3O4. The molecule has 1 aromatic rings. The summed E-state index contributed by atoms with van der Waals surface area (Å²) in [6.45, 7) is 0. The number of rotatable bonds is 3. The van der Waals surface area contributed by atoms with E-state index in [2.05, 4.69) is 9.47 Å². The zero-order valence-corrected chi connectivity index (χ0v) is 8.12. The molecule has 0 spiro atoms. The molecule has 0 aliphatic heterocycles. The lowest BCUT2D eigenvalue weighted by Crippen LogP contribution is -2.17. The molecule has 90 valence electrons. The van der Waals surface area contributed by atoms with Crippen LogP contribution in [0.5, 0.6) is 11.5 Å². The van der Waals surface area contributed by atoms with Crippen molar-refractivity contribution in [3.63, 3.8) is 0 Å². The number of carbonyl (C=O) groups is 1. The van der Waals surface area contributed by atoms with Gasteiger partial charge in [-0.25, -0.2) is 4.79 Å². The highest BCUT2D eigenvalue weighted by atomic mass is 19.4. The highest BCUT2D eigenvalue weighted by molar-refractivity contribution is 5.91. The Morgan fingerprint density at radius 3 is 2.53 bits per heavy atom. The van der Waals surface area contributed by atoms with Gasteiger partial charge in [0.05, 0.1) is 0 Å². The Hall–Kier alpha value is -2.36. The van der Waals surface area contributed by atoms with Crippen molar-refractivity contribution in [3.8, 4) is 24.0 Å². The van der Waals surface area contributed by atoms with Gasteiger partial charge in [-0.1, -0.05) is 6.42 Å². The van der Waals surface area contributed by atoms with Gasteiger partial charge in [-0.3, -0.25) is 0 Å². The number of terminal acetylenes is 1. The molecule has 0 amide bonds. The molecular weight excluding hydrogens is 241 g/mol. The lowest BCUT2D eigenvalue weighted by molar-refractivity contribution is -0.274. The fourth-order valence-corrected chi connectivity index (χ4v) is 1.03. The number of ether oxygens (including phenoxy) is 2. The summed E-state index contributed by atoms with van der Waals surface area (Å²) >= 11 is 0. The van der Waals surface area contributed by atoms with Crippen LogP contribution in [-0.4, -0.2) is 17.4 Å². The monoisotopic (exact) mass is 246 g/mol. The molecule has 0 atom stereocenters. The molecule has 0 bridgehead atoms. The first-order valence-electron chi connectivity index (χ1n) is 4.09. The van der Waals surface area contributed by atoms with Gasteiger partial charge in [0, 0.05) is 0 Å². The van der Waals surface area contributed by atoms with E-state index < -0.39 is 23.6 Å². The molecule has 1 aromatic carbocycles. The zero-order valence-electron chi connectivity index (χ0n) is 8.12. The minimum absolute atomic E-state index is 0.241. The Kier molecular flexibility index (Phi) is 3.48. The van der Waals surface area contributed by atoms with Gasteiger partial charge in [0.2, 0.25) is 0 Å². The standard InChI is InChI=1S/C10H5F3O4/c1-2-16-8-4-3-6(17-10(11,12)13)5-7(8)9(14)15/h1,3-5H,(H,14,15). The fourth-order valence-electron chi connectivity index (χ4n) is 1.03. The number of hydrogen-bond acceptors (Lipinski definition) is 3. The van der Waals surface area contributed by atoms with Gasteiger partial charge in [0.25, 0.3) is 0 Å². The van der Waals surface area contributed by atoms with Crippen LogP contribution in [0.3, 0.4) is 0 Å². The van der Waals surface area contributed by atoms with Crippen molar-refractivity contribution in [1.82, 2.24) is 0 Å². The van der Waals surface area contributed by atoms with Crippen LogP contribution in [0.1, 0.15) is 10.4 Å². The Labute approximate surface area is 93.6 Å². The number of carboxylic acids is 1. The highest BCUT2D eigenvalue weighted by Crippen LogP contribution is 2.28. The van der Waals surface area contributed by atoms with E-state index in [1.165, 1.54) is 0 Å². The first-order chi connectivity index (χ1) is 7.83. The van der Waals surface area contributed by atoms with Crippen molar-refractivity contribution < 1.29 is 32.5 Å². The molecule has 1 N–H and O–H groups in total. The number of benzene rings is 1. The summed E-state index contributed by atoms with van der Waals surface area (Å²) in [6.07, 6.45) is 1.62. The molecule has 0 unspecified atom stereocenters. The van der Waals surface area contributed by atoms with Crippen LogP contribution in [0.4, 0.5) is 13.2 Å². The molecule has 0 aromatic heterocycles. The maximum atomic E-state index is 11.9. The molecule has 1 rings (SSSR count). The van der Waals surface area contributed by atoms with Crippen LogP contribution in [0.2, 0.25) is 0 Å².